The zero-order valence-electron chi connectivity index (χ0n) is 11.7. The minimum Gasteiger partial charge on any atom is -0.444 e. The van der Waals surface area contributed by atoms with Crippen molar-refractivity contribution < 1.29 is 9.53 Å². The summed E-state index contributed by atoms with van der Waals surface area (Å²) in [7, 11) is 0. The third-order valence-corrected chi connectivity index (χ3v) is 2.63. The lowest BCUT2D eigenvalue weighted by atomic mass is 10.1. The maximum atomic E-state index is 11.7. The third-order valence-electron chi connectivity index (χ3n) is 2.63. The molecule has 0 aliphatic heterocycles. The lowest BCUT2D eigenvalue weighted by Gasteiger charge is -2.19. The van der Waals surface area contributed by atoms with Gasteiger partial charge in [-0.2, -0.15) is 0 Å². The Balaban J connectivity index is 2.23. The van der Waals surface area contributed by atoms with Gasteiger partial charge in [-0.3, -0.25) is 5.32 Å². The van der Waals surface area contributed by atoms with E-state index in [1.807, 2.05) is 32.9 Å². The van der Waals surface area contributed by atoms with Crippen LogP contribution in [0.1, 0.15) is 33.3 Å². The average Bonchev–Trinajstić information content (AvgIpc) is 2.73. The molecule has 5 heteroatoms. The molecule has 0 atom stereocenters. The number of carbonyl (C=O) groups is 1. The zero-order chi connectivity index (χ0) is 14.0. The second-order valence-electron chi connectivity index (χ2n) is 5.41. The minimum absolute atomic E-state index is 0.451. The first-order chi connectivity index (χ1) is 8.89. The SMILES string of the molecule is CCc1cc(NC(=O)OC(C)(C)C)cc2[nH]cnc12. The number of benzene rings is 1. The van der Waals surface area contributed by atoms with E-state index in [1.165, 1.54) is 0 Å². The number of nitrogens with one attached hydrogen (secondary N) is 2. The molecule has 0 aliphatic rings. The highest BCUT2D eigenvalue weighted by atomic mass is 16.6. The number of H-pyrrole nitrogens is 1. The fourth-order valence-corrected chi connectivity index (χ4v) is 1.89. The molecule has 0 saturated heterocycles. The summed E-state index contributed by atoms with van der Waals surface area (Å²) in [5, 5.41) is 2.75. The van der Waals surface area contributed by atoms with E-state index in [0.29, 0.717) is 5.69 Å². The molecule has 1 aromatic carbocycles. The van der Waals surface area contributed by atoms with Crippen LogP contribution in [-0.4, -0.2) is 21.7 Å². The topological polar surface area (TPSA) is 67.0 Å². The molecule has 0 unspecified atom stereocenters. The number of nitrogens with zero attached hydrogens (tertiary/aromatic N) is 1. The Kier molecular flexibility index (Phi) is 3.46. The van der Waals surface area contributed by atoms with Gasteiger partial charge in [-0.1, -0.05) is 6.92 Å². The number of amides is 1. The fourth-order valence-electron chi connectivity index (χ4n) is 1.89. The van der Waals surface area contributed by atoms with Crippen LogP contribution in [0.15, 0.2) is 18.5 Å². The molecular formula is C14H19N3O2. The molecule has 0 fully saturated rings. The number of aromatic nitrogens is 2. The molecule has 2 rings (SSSR count). The summed E-state index contributed by atoms with van der Waals surface area (Å²) in [4.78, 5) is 19.1. The van der Waals surface area contributed by atoms with Crippen molar-refractivity contribution in [3.63, 3.8) is 0 Å². The third kappa shape index (κ3) is 3.24. The van der Waals surface area contributed by atoms with Crippen LogP contribution in [0.25, 0.3) is 11.0 Å². The highest BCUT2D eigenvalue weighted by molar-refractivity contribution is 5.90. The number of anilines is 1. The van der Waals surface area contributed by atoms with E-state index in [2.05, 4.69) is 22.2 Å². The molecule has 0 radical (unpaired) electrons. The summed E-state index contributed by atoms with van der Waals surface area (Å²) in [5.41, 5.74) is 3.14. The van der Waals surface area contributed by atoms with E-state index < -0.39 is 11.7 Å². The Morgan fingerprint density at radius 2 is 2.16 bits per heavy atom. The number of aromatic amines is 1. The van der Waals surface area contributed by atoms with Gasteiger partial charge in [-0.05, 0) is 44.9 Å². The van der Waals surface area contributed by atoms with Gasteiger partial charge in [-0.25, -0.2) is 9.78 Å². The summed E-state index contributed by atoms with van der Waals surface area (Å²) >= 11 is 0. The predicted octanol–water partition coefficient (Wildman–Crippen LogP) is 3.47. The molecule has 2 N–H and O–H groups in total. The van der Waals surface area contributed by atoms with E-state index in [1.54, 1.807) is 6.33 Å². The van der Waals surface area contributed by atoms with Crippen LogP contribution in [0.2, 0.25) is 0 Å². The lowest BCUT2D eigenvalue weighted by Crippen LogP contribution is -2.27. The highest BCUT2D eigenvalue weighted by Crippen LogP contribution is 2.22. The van der Waals surface area contributed by atoms with Crippen molar-refractivity contribution in [1.82, 2.24) is 9.97 Å². The number of aryl methyl sites for hydroxylation is 1. The first-order valence-electron chi connectivity index (χ1n) is 6.35. The molecule has 1 heterocycles. The first-order valence-corrected chi connectivity index (χ1v) is 6.35. The minimum atomic E-state index is -0.504. The van der Waals surface area contributed by atoms with Crippen LogP contribution in [0.3, 0.4) is 0 Å². The van der Waals surface area contributed by atoms with Gasteiger partial charge in [0.25, 0.3) is 0 Å². The molecular weight excluding hydrogens is 242 g/mol. The van der Waals surface area contributed by atoms with Gasteiger partial charge in [0.1, 0.15) is 5.60 Å². The molecule has 2 aromatic rings. The maximum Gasteiger partial charge on any atom is 0.412 e. The van der Waals surface area contributed by atoms with E-state index >= 15 is 0 Å². The molecule has 0 spiro atoms. The number of ether oxygens (including phenoxy) is 1. The van der Waals surface area contributed by atoms with E-state index in [0.717, 1.165) is 23.0 Å². The van der Waals surface area contributed by atoms with Crippen LogP contribution in [0.4, 0.5) is 10.5 Å². The van der Waals surface area contributed by atoms with Gasteiger partial charge in [0.2, 0.25) is 0 Å². The van der Waals surface area contributed by atoms with Gasteiger partial charge in [0.05, 0.1) is 17.4 Å². The number of hydrogen-bond donors (Lipinski definition) is 2. The van der Waals surface area contributed by atoms with E-state index in [4.69, 9.17) is 4.74 Å². The summed E-state index contributed by atoms with van der Waals surface area (Å²) in [5.74, 6) is 0. The normalized spacial score (nSPS) is 11.6. The predicted molar refractivity (Wildman–Crippen MR) is 75.3 cm³/mol. The molecule has 0 saturated carbocycles. The Labute approximate surface area is 112 Å². The summed E-state index contributed by atoms with van der Waals surface area (Å²) in [6, 6.07) is 3.78. The van der Waals surface area contributed by atoms with Crippen molar-refractivity contribution in [3.05, 3.63) is 24.0 Å². The number of fused-ring (bicyclic) bond motifs is 1. The quantitative estimate of drug-likeness (QED) is 0.869. The standard InChI is InChI=1S/C14H19N3O2/c1-5-9-6-10(7-11-12(9)16-8-15-11)17-13(18)19-14(2,3)4/h6-8H,5H2,1-4H3,(H,15,16)(H,17,18). The van der Waals surface area contributed by atoms with Crippen molar-refractivity contribution in [1.29, 1.82) is 0 Å². The summed E-state index contributed by atoms with van der Waals surface area (Å²) < 4.78 is 5.23. The van der Waals surface area contributed by atoms with E-state index in [-0.39, 0.29) is 0 Å². The van der Waals surface area contributed by atoms with Crippen LogP contribution >= 0.6 is 0 Å². The molecule has 102 valence electrons. The smallest absolute Gasteiger partial charge is 0.412 e. The number of imidazole rings is 1. The average molecular weight is 261 g/mol. The number of hydrogen-bond acceptors (Lipinski definition) is 3. The first kappa shape index (κ1) is 13.4. The summed E-state index contributed by atoms with van der Waals surface area (Å²) in [6.45, 7) is 7.56. The van der Waals surface area contributed by atoms with Crippen LogP contribution in [-0.2, 0) is 11.2 Å². The number of carbonyl (C=O) groups excluding carboxylic acids is 1. The number of rotatable bonds is 2. The van der Waals surface area contributed by atoms with E-state index in [9.17, 15) is 4.79 Å². The monoisotopic (exact) mass is 261 g/mol. The van der Waals surface area contributed by atoms with Crippen molar-refractivity contribution in [2.24, 2.45) is 0 Å². The molecule has 1 aromatic heterocycles. The Morgan fingerprint density at radius 1 is 1.42 bits per heavy atom. The van der Waals surface area contributed by atoms with Gasteiger partial charge < -0.3 is 9.72 Å². The van der Waals surface area contributed by atoms with Gasteiger partial charge in [-0.15, -0.1) is 0 Å². The Bertz CT molecular complexity index is 596. The lowest BCUT2D eigenvalue weighted by molar-refractivity contribution is 0.0636. The van der Waals surface area contributed by atoms with Gasteiger partial charge >= 0.3 is 6.09 Å². The second kappa shape index (κ2) is 4.91. The van der Waals surface area contributed by atoms with Crippen molar-refractivity contribution in [2.45, 2.75) is 39.7 Å². The Morgan fingerprint density at radius 3 is 2.79 bits per heavy atom. The molecule has 0 aliphatic carbocycles. The van der Waals surface area contributed by atoms with Gasteiger partial charge in [0, 0.05) is 5.69 Å². The molecule has 0 bridgehead atoms. The summed E-state index contributed by atoms with van der Waals surface area (Å²) in [6.07, 6.45) is 2.06. The van der Waals surface area contributed by atoms with Crippen molar-refractivity contribution in [3.8, 4) is 0 Å². The zero-order valence-corrected chi connectivity index (χ0v) is 11.7. The largest absolute Gasteiger partial charge is 0.444 e. The van der Waals surface area contributed by atoms with Gasteiger partial charge in [0.15, 0.2) is 0 Å². The van der Waals surface area contributed by atoms with Crippen molar-refractivity contribution >= 4 is 22.8 Å². The second-order valence-corrected chi connectivity index (χ2v) is 5.41. The van der Waals surface area contributed by atoms with Crippen LogP contribution < -0.4 is 5.32 Å². The van der Waals surface area contributed by atoms with Crippen LogP contribution in [0.5, 0.6) is 0 Å². The maximum absolute atomic E-state index is 11.7. The molecule has 5 nitrogen and oxygen atoms in total. The fraction of sp³-hybridized carbons (Fsp3) is 0.429. The highest BCUT2D eigenvalue weighted by Gasteiger charge is 2.16. The molecule has 19 heavy (non-hydrogen) atoms. The Hall–Kier alpha value is -2.04. The molecule has 1 amide bonds. The van der Waals surface area contributed by atoms with Crippen LogP contribution in [0, 0.1) is 0 Å². The van der Waals surface area contributed by atoms with Crippen molar-refractivity contribution in [2.75, 3.05) is 5.32 Å².